The molecular formula is C18H20N4OS. The van der Waals surface area contributed by atoms with Crippen molar-refractivity contribution in [1.82, 2.24) is 19.3 Å². The number of amides is 1. The average molecular weight is 340 g/mol. The predicted octanol–water partition coefficient (Wildman–Crippen LogP) is 2.93. The Kier molecular flexibility index (Phi) is 5.15. The van der Waals surface area contributed by atoms with E-state index < -0.39 is 0 Å². The summed E-state index contributed by atoms with van der Waals surface area (Å²) in [6.07, 6.45) is 5.83. The molecule has 3 rings (SSSR count). The monoisotopic (exact) mass is 340 g/mol. The summed E-state index contributed by atoms with van der Waals surface area (Å²) in [4.78, 5) is 22.7. The van der Waals surface area contributed by atoms with Gasteiger partial charge in [0.2, 0.25) is 5.91 Å². The van der Waals surface area contributed by atoms with Gasteiger partial charge < -0.3 is 9.30 Å². The van der Waals surface area contributed by atoms with Gasteiger partial charge in [0, 0.05) is 31.4 Å². The molecule has 0 atom stereocenters. The Labute approximate surface area is 145 Å². The molecule has 0 saturated carbocycles. The van der Waals surface area contributed by atoms with Crippen molar-refractivity contribution in [3.05, 3.63) is 65.9 Å². The fourth-order valence-electron chi connectivity index (χ4n) is 2.40. The van der Waals surface area contributed by atoms with E-state index >= 15 is 0 Å². The van der Waals surface area contributed by atoms with Gasteiger partial charge in [-0.15, -0.1) is 11.8 Å². The molecule has 0 N–H and O–H groups in total. The molecule has 1 amide bonds. The van der Waals surface area contributed by atoms with Crippen LogP contribution in [0, 0.1) is 6.92 Å². The van der Waals surface area contributed by atoms with Crippen LogP contribution in [0.2, 0.25) is 0 Å². The predicted molar refractivity (Wildman–Crippen MR) is 96.8 cm³/mol. The van der Waals surface area contributed by atoms with Gasteiger partial charge in [-0.05, 0) is 30.7 Å². The van der Waals surface area contributed by atoms with E-state index in [1.807, 2.05) is 41.9 Å². The van der Waals surface area contributed by atoms with Crippen LogP contribution in [0.1, 0.15) is 17.0 Å². The number of carbonyl (C=O) groups is 1. The second-order valence-corrected chi connectivity index (χ2v) is 6.75. The van der Waals surface area contributed by atoms with Crippen molar-refractivity contribution in [2.75, 3.05) is 12.8 Å². The normalized spacial score (nSPS) is 10.9. The SMILES string of the molecule is Cc1ccc2nc(CSCC(=O)N(C)Cc3ccccn3)cn2c1. The van der Waals surface area contributed by atoms with Crippen LogP contribution in [0.4, 0.5) is 0 Å². The molecule has 24 heavy (non-hydrogen) atoms. The summed E-state index contributed by atoms with van der Waals surface area (Å²) in [5.41, 5.74) is 4.03. The summed E-state index contributed by atoms with van der Waals surface area (Å²) < 4.78 is 2.03. The van der Waals surface area contributed by atoms with E-state index in [-0.39, 0.29) is 5.91 Å². The van der Waals surface area contributed by atoms with E-state index in [1.54, 1.807) is 22.9 Å². The molecule has 0 aliphatic heterocycles. The summed E-state index contributed by atoms with van der Waals surface area (Å²) >= 11 is 1.59. The molecule has 0 aliphatic carbocycles. The highest BCUT2D eigenvalue weighted by atomic mass is 32.2. The number of carbonyl (C=O) groups excluding carboxylic acids is 1. The third kappa shape index (κ3) is 4.14. The quantitative estimate of drug-likeness (QED) is 0.692. The number of pyridine rings is 2. The molecular weight excluding hydrogens is 320 g/mol. The first kappa shape index (κ1) is 16.5. The van der Waals surface area contributed by atoms with E-state index in [0.29, 0.717) is 12.3 Å². The van der Waals surface area contributed by atoms with E-state index in [1.165, 1.54) is 5.56 Å². The number of hydrogen-bond acceptors (Lipinski definition) is 4. The van der Waals surface area contributed by atoms with Crippen molar-refractivity contribution in [1.29, 1.82) is 0 Å². The molecule has 0 saturated heterocycles. The Morgan fingerprint density at radius 1 is 1.21 bits per heavy atom. The number of nitrogens with zero attached hydrogens (tertiary/aromatic N) is 4. The fraction of sp³-hybridized carbons (Fsp3) is 0.278. The van der Waals surface area contributed by atoms with Gasteiger partial charge in [-0.25, -0.2) is 4.98 Å². The number of aryl methyl sites for hydroxylation is 1. The molecule has 124 valence electrons. The molecule has 6 heteroatoms. The van der Waals surface area contributed by atoms with Crippen LogP contribution in [-0.2, 0) is 17.1 Å². The van der Waals surface area contributed by atoms with Gasteiger partial charge in [0.15, 0.2) is 0 Å². The molecule has 5 nitrogen and oxygen atoms in total. The van der Waals surface area contributed by atoms with Crippen molar-refractivity contribution in [3.63, 3.8) is 0 Å². The lowest BCUT2D eigenvalue weighted by molar-refractivity contribution is -0.127. The number of hydrogen-bond donors (Lipinski definition) is 0. The Hall–Kier alpha value is -2.34. The molecule has 3 aromatic heterocycles. The fourth-order valence-corrected chi connectivity index (χ4v) is 3.25. The van der Waals surface area contributed by atoms with Crippen LogP contribution in [0.3, 0.4) is 0 Å². The number of rotatable bonds is 6. The number of aromatic nitrogens is 3. The molecule has 0 fully saturated rings. The van der Waals surface area contributed by atoms with E-state index in [0.717, 1.165) is 22.8 Å². The second-order valence-electron chi connectivity index (χ2n) is 5.77. The van der Waals surface area contributed by atoms with E-state index in [2.05, 4.69) is 29.2 Å². The van der Waals surface area contributed by atoms with E-state index in [4.69, 9.17) is 0 Å². The molecule has 0 aliphatic rings. The number of fused-ring (bicyclic) bond motifs is 1. The smallest absolute Gasteiger partial charge is 0.232 e. The van der Waals surface area contributed by atoms with Gasteiger partial charge in [0.25, 0.3) is 0 Å². The molecule has 3 heterocycles. The lowest BCUT2D eigenvalue weighted by Crippen LogP contribution is -2.28. The Balaban J connectivity index is 1.50. The lowest BCUT2D eigenvalue weighted by atomic mass is 10.3. The van der Waals surface area contributed by atoms with Gasteiger partial charge in [-0.1, -0.05) is 12.1 Å². The van der Waals surface area contributed by atoms with Crippen molar-refractivity contribution in [3.8, 4) is 0 Å². The standard InChI is InChI=1S/C18H20N4OS/c1-14-6-7-17-20-16(11-22(17)9-14)12-24-13-18(23)21(2)10-15-5-3-4-8-19-15/h3-9,11H,10,12-13H2,1-2H3. The minimum atomic E-state index is 0.102. The maximum Gasteiger partial charge on any atom is 0.232 e. The topological polar surface area (TPSA) is 50.5 Å². The highest BCUT2D eigenvalue weighted by molar-refractivity contribution is 7.99. The van der Waals surface area contributed by atoms with Gasteiger partial charge >= 0.3 is 0 Å². The summed E-state index contributed by atoms with van der Waals surface area (Å²) in [7, 11) is 1.81. The molecule has 0 radical (unpaired) electrons. The van der Waals surface area contributed by atoms with Gasteiger partial charge in [-0.2, -0.15) is 0 Å². The minimum absolute atomic E-state index is 0.102. The van der Waals surface area contributed by atoms with Gasteiger partial charge in [-0.3, -0.25) is 9.78 Å². The average Bonchev–Trinajstić information content (AvgIpc) is 2.97. The lowest BCUT2D eigenvalue weighted by Gasteiger charge is -2.16. The highest BCUT2D eigenvalue weighted by Gasteiger charge is 2.10. The zero-order valence-electron chi connectivity index (χ0n) is 13.8. The maximum atomic E-state index is 12.2. The molecule has 0 bridgehead atoms. The Morgan fingerprint density at radius 3 is 2.88 bits per heavy atom. The first-order chi connectivity index (χ1) is 11.6. The maximum absolute atomic E-state index is 12.2. The van der Waals surface area contributed by atoms with Gasteiger partial charge in [0.05, 0.1) is 23.7 Å². The summed E-state index contributed by atoms with van der Waals surface area (Å²) in [5.74, 6) is 1.27. The van der Waals surface area contributed by atoms with Crippen LogP contribution < -0.4 is 0 Å². The number of imidazole rings is 1. The van der Waals surface area contributed by atoms with Crippen LogP contribution in [-0.4, -0.2) is 38.0 Å². The molecule has 0 spiro atoms. The van der Waals surface area contributed by atoms with Gasteiger partial charge in [0.1, 0.15) is 5.65 Å². The van der Waals surface area contributed by atoms with Crippen molar-refractivity contribution in [2.45, 2.75) is 19.2 Å². The van der Waals surface area contributed by atoms with Crippen molar-refractivity contribution < 1.29 is 4.79 Å². The summed E-state index contributed by atoms with van der Waals surface area (Å²) in [6.45, 7) is 2.60. The largest absolute Gasteiger partial charge is 0.339 e. The van der Waals surface area contributed by atoms with Crippen LogP contribution >= 0.6 is 11.8 Å². The van der Waals surface area contributed by atoms with Crippen LogP contribution in [0.15, 0.2) is 48.9 Å². The first-order valence-corrected chi connectivity index (χ1v) is 8.93. The second kappa shape index (κ2) is 7.49. The number of thioether (sulfide) groups is 1. The third-order valence-electron chi connectivity index (χ3n) is 3.68. The molecule has 0 aromatic carbocycles. The van der Waals surface area contributed by atoms with Crippen LogP contribution in [0.5, 0.6) is 0 Å². The summed E-state index contributed by atoms with van der Waals surface area (Å²) in [6, 6.07) is 9.79. The Morgan fingerprint density at radius 2 is 2.08 bits per heavy atom. The molecule has 3 aromatic rings. The molecule has 0 unspecified atom stereocenters. The third-order valence-corrected chi connectivity index (χ3v) is 4.63. The van der Waals surface area contributed by atoms with Crippen molar-refractivity contribution >= 4 is 23.3 Å². The zero-order valence-corrected chi connectivity index (χ0v) is 14.7. The summed E-state index contributed by atoms with van der Waals surface area (Å²) in [5, 5.41) is 0. The van der Waals surface area contributed by atoms with Crippen molar-refractivity contribution in [2.24, 2.45) is 0 Å². The zero-order chi connectivity index (χ0) is 16.9. The first-order valence-electron chi connectivity index (χ1n) is 7.77. The van der Waals surface area contributed by atoms with Crippen LogP contribution in [0.25, 0.3) is 5.65 Å². The highest BCUT2D eigenvalue weighted by Crippen LogP contribution is 2.14. The van der Waals surface area contributed by atoms with E-state index in [9.17, 15) is 4.79 Å². The minimum Gasteiger partial charge on any atom is -0.339 e. The Bertz CT molecular complexity index is 831.